The molecule has 3 heteroatoms. The third-order valence-electron chi connectivity index (χ3n) is 4.92. The molecule has 18 heavy (non-hydrogen) atoms. The van der Waals surface area contributed by atoms with E-state index in [0.717, 1.165) is 24.0 Å². The van der Waals surface area contributed by atoms with Crippen molar-refractivity contribution < 1.29 is 14.3 Å². The summed E-state index contributed by atoms with van der Waals surface area (Å²) in [4.78, 5) is 23.6. The Balaban J connectivity index is 2.10. The summed E-state index contributed by atoms with van der Waals surface area (Å²) in [6, 6.07) is 0. The van der Waals surface area contributed by atoms with Crippen molar-refractivity contribution in [1.29, 1.82) is 0 Å². The fourth-order valence-electron chi connectivity index (χ4n) is 3.69. The summed E-state index contributed by atoms with van der Waals surface area (Å²) in [5.41, 5.74) is 1.71. The Morgan fingerprint density at radius 2 is 2.11 bits per heavy atom. The summed E-state index contributed by atoms with van der Waals surface area (Å²) < 4.78 is 5.55. The molecule has 0 radical (unpaired) electrons. The third kappa shape index (κ3) is 1.36. The van der Waals surface area contributed by atoms with E-state index < -0.39 is 0 Å². The molecular formula is C15H18O3. The van der Waals surface area contributed by atoms with E-state index in [1.807, 2.05) is 19.9 Å². The minimum Gasteiger partial charge on any atom is -0.457 e. The smallest absolute Gasteiger partial charge is 0.309 e. The molecule has 2 aliphatic carbocycles. The summed E-state index contributed by atoms with van der Waals surface area (Å²) in [6.07, 6.45) is 5.46. The number of carbonyl (C=O) groups is 2. The van der Waals surface area contributed by atoms with Gasteiger partial charge in [0.05, 0.1) is 5.92 Å². The molecule has 0 bridgehead atoms. The van der Waals surface area contributed by atoms with Crippen LogP contribution < -0.4 is 0 Å². The van der Waals surface area contributed by atoms with Gasteiger partial charge in [-0.15, -0.1) is 0 Å². The molecule has 4 atom stereocenters. The van der Waals surface area contributed by atoms with Crippen LogP contribution in [0.25, 0.3) is 0 Å². The van der Waals surface area contributed by atoms with Crippen LogP contribution in [0.4, 0.5) is 0 Å². The largest absolute Gasteiger partial charge is 0.457 e. The van der Waals surface area contributed by atoms with Crippen LogP contribution in [0.2, 0.25) is 0 Å². The maximum absolute atomic E-state index is 11.9. The highest BCUT2D eigenvalue weighted by atomic mass is 16.6. The second-order valence-electron chi connectivity index (χ2n) is 6.00. The van der Waals surface area contributed by atoms with Crippen LogP contribution >= 0.6 is 0 Å². The number of rotatable bonds is 0. The normalized spacial score (nSPS) is 42.7. The van der Waals surface area contributed by atoms with Gasteiger partial charge in [0.15, 0.2) is 5.78 Å². The van der Waals surface area contributed by atoms with E-state index in [-0.39, 0.29) is 35.1 Å². The van der Waals surface area contributed by atoms with Crippen LogP contribution in [0.15, 0.2) is 23.3 Å². The van der Waals surface area contributed by atoms with Crippen molar-refractivity contribution in [3.8, 4) is 0 Å². The predicted molar refractivity (Wildman–Crippen MR) is 66.7 cm³/mol. The molecule has 3 rings (SSSR count). The van der Waals surface area contributed by atoms with Crippen LogP contribution in [-0.2, 0) is 14.3 Å². The standard InChI is InChI=1S/C15H18O3/c1-8-10-4-6-15(3)7-5-11(16)9(2)12(15)13(10)18-14(8)17/h5,7-8,10,13H,4,6H2,1-3H3/t8-,10+,13+,15-/m0/s1. The summed E-state index contributed by atoms with van der Waals surface area (Å²) in [7, 11) is 0. The summed E-state index contributed by atoms with van der Waals surface area (Å²) in [5.74, 6) is 0.144. The zero-order valence-electron chi connectivity index (χ0n) is 11.0. The first kappa shape index (κ1) is 11.7. The molecule has 3 nitrogen and oxygen atoms in total. The Morgan fingerprint density at radius 1 is 1.39 bits per heavy atom. The van der Waals surface area contributed by atoms with Crippen molar-refractivity contribution in [3.63, 3.8) is 0 Å². The van der Waals surface area contributed by atoms with E-state index in [9.17, 15) is 9.59 Å². The van der Waals surface area contributed by atoms with Crippen molar-refractivity contribution in [2.45, 2.75) is 39.7 Å². The SMILES string of the molecule is CC1=C2[C@@H]3OC(=O)[C@@H](C)[C@H]3CC[C@@]2(C)C=CC1=O. The Morgan fingerprint density at radius 3 is 2.83 bits per heavy atom. The van der Waals surface area contributed by atoms with Crippen molar-refractivity contribution in [3.05, 3.63) is 23.3 Å². The van der Waals surface area contributed by atoms with Gasteiger partial charge in [-0.1, -0.05) is 19.9 Å². The van der Waals surface area contributed by atoms with Crippen molar-refractivity contribution in [2.24, 2.45) is 17.3 Å². The minimum atomic E-state index is -0.180. The van der Waals surface area contributed by atoms with Crippen LogP contribution in [0.3, 0.4) is 0 Å². The molecule has 1 heterocycles. The van der Waals surface area contributed by atoms with Gasteiger partial charge in [-0.3, -0.25) is 9.59 Å². The average molecular weight is 246 g/mol. The quantitative estimate of drug-likeness (QED) is 0.616. The van der Waals surface area contributed by atoms with E-state index in [4.69, 9.17) is 4.74 Å². The zero-order chi connectivity index (χ0) is 13.1. The average Bonchev–Trinajstić information content (AvgIpc) is 2.60. The maximum atomic E-state index is 11.9. The Hall–Kier alpha value is -1.38. The molecule has 0 spiro atoms. The molecule has 1 saturated carbocycles. The number of ketones is 1. The van der Waals surface area contributed by atoms with Crippen LogP contribution in [0, 0.1) is 17.3 Å². The first-order valence-corrected chi connectivity index (χ1v) is 6.59. The molecule has 3 aliphatic rings. The lowest BCUT2D eigenvalue weighted by Crippen LogP contribution is -2.39. The zero-order valence-corrected chi connectivity index (χ0v) is 11.0. The van der Waals surface area contributed by atoms with Gasteiger partial charge in [0.2, 0.25) is 0 Å². The maximum Gasteiger partial charge on any atom is 0.309 e. The van der Waals surface area contributed by atoms with Gasteiger partial charge in [0.25, 0.3) is 0 Å². The summed E-state index contributed by atoms with van der Waals surface area (Å²) in [6.45, 7) is 5.94. The molecule has 0 aromatic carbocycles. The van der Waals surface area contributed by atoms with Gasteiger partial charge in [-0.2, -0.15) is 0 Å². The van der Waals surface area contributed by atoms with Gasteiger partial charge in [0, 0.05) is 16.9 Å². The van der Waals surface area contributed by atoms with Crippen LogP contribution in [-0.4, -0.2) is 17.9 Å². The second kappa shape index (κ2) is 3.56. The van der Waals surface area contributed by atoms with E-state index in [1.165, 1.54) is 0 Å². The van der Waals surface area contributed by atoms with E-state index in [1.54, 1.807) is 6.08 Å². The molecule has 2 fully saturated rings. The van der Waals surface area contributed by atoms with Gasteiger partial charge in [-0.25, -0.2) is 0 Å². The topological polar surface area (TPSA) is 43.4 Å². The van der Waals surface area contributed by atoms with Gasteiger partial charge >= 0.3 is 5.97 Å². The Labute approximate surface area is 107 Å². The Kier molecular flexibility index (Phi) is 2.31. The number of esters is 1. The van der Waals surface area contributed by atoms with E-state index >= 15 is 0 Å². The molecule has 0 amide bonds. The highest BCUT2D eigenvalue weighted by Crippen LogP contribution is 2.52. The van der Waals surface area contributed by atoms with E-state index in [2.05, 4.69) is 6.92 Å². The minimum absolute atomic E-state index is 0.0409. The second-order valence-corrected chi connectivity index (χ2v) is 6.00. The molecule has 96 valence electrons. The van der Waals surface area contributed by atoms with Crippen molar-refractivity contribution in [2.75, 3.05) is 0 Å². The van der Waals surface area contributed by atoms with Gasteiger partial charge < -0.3 is 4.74 Å². The monoisotopic (exact) mass is 246 g/mol. The highest BCUT2D eigenvalue weighted by Gasteiger charge is 2.52. The summed E-state index contributed by atoms with van der Waals surface area (Å²) >= 11 is 0. The molecule has 0 aromatic rings. The van der Waals surface area contributed by atoms with Crippen LogP contribution in [0.1, 0.15) is 33.6 Å². The molecule has 1 saturated heterocycles. The third-order valence-corrected chi connectivity index (χ3v) is 4.92. The number of fused-ring (bicyclic) bond motifs is 3. The first-order valence-electron chi connectivity index (χ1n) is 6.59. The predicted octanol–water partition coefficient (Wildman–Crippen LogP) is 2.42. The molecule has 0 unspecified atom stereocenters. The van der Waals surface area contributed by atoms with Crippen molar-refractivity contribution >= 4 is 11.8 Å². The number of ether oxygens (including phenoxy) is 1. The van der Waals surface area contributed by atoms with Gasteiger partial charge in [0.1, 0.15) is 6.10 Å². The number of allylic oxidation sites excluding steroid dienone is 3. The summed E-state index contributed by atoms with van der Waals surface area (Å²) in [5, 5.41) is 0. The highest BCUT2D eigenvalue weighted by molar-refractivity contribution is 6.05. The number of hydrogen-bond donors (Lipinski definition) is 0. The lowest BCUT2D eigenvalue weighted by Gasteiger charge is -2.42. The fraction of sp³-hybridized carbons (Fsp3) is 0.600. The molecular weight excluding hydrogens is 228 g/mol. The number of carbonyl (C=O) groups excluding carboxylic acids is 2. The molecule has 0 N–H and O–H groups in total. The lowest BCUT2D eigenvalue weighted by molar-refractivity contribution is -0.143. The fourth-order valence-corrected chi connectivity index (χ4v) is 3.69. The van der Waals surface area contributed by atoms with Crippen LogP contribution in [0.5, 0.6) is 0 Å². The Bertz CT molecular complexity index is 500. The van der Waals surface area contributed by atoms with Gasteiger partial charge in [-0.05, 0) is 31.4 Å². The molecule has 0 aromatic heterocycles. The van der Waals surface area contributed by atoms with Crippen molar-refractivity contribution in [1.82, 2.24) is 0 Å². The first-order chi connectivity index (χ1) is 8.44. The lowest BCUT2D eigenvalue weighted by atomic mass is 9.62. The van der Waals surface area contributed by atoms with E-state index in [0.29, 0.717) is 0 Å². The molecule has 1 aliphatic heterocycles. The number of hydrogen-bond acceptors (Lipinski definition) is 3.